The largest absolute Gasteiger partial charge is 0.393 e. The summed E-state index contributed by atoms with van der Waals surface area (Å²) in [6.45, 7) is 10.6. The zero-order chi connectivity index (χ0) is 14.8. The molecule has 0 spiro atoms. The van der Waals surface area contributed by atoms with Crippen molar-refractivity contribution in [2.75, 3.05) is 6.54 Å². The Hall–Kier alpha value is -0.450. The van der Waals surface area contributed by atoms with Gasteiger partial charge in [-0.05, 0) is 32.7 Å². The zero-order valence-corrected chi connectivity index (χ0v) is 14.0. The zero-order valence-electron chi connectivity index (χ0n) is 13.2. The number of likely N-dealkylation sites (tertiary alicyclic amines) is 1. The summed E-state index contributed by atoms with van der Waals surface area (Å²) in [7, 11) is 0. The molecule has 2 heterocycles. The number of aliphatic hydroxyl groups excluding tert-OH is 1. The Kier molecular flexibility index (Phi) is 5.21. The van der Waals surface area contributed by atoms with Crippen molar-refractivity contribution >= 4 is 11.3 Å². The van der Waals surface area contributed by atoms with E-state index in [0.717, 1.165) is 19.5 Å². The van der Waals surface area contributed by atoms with Crippen molar-refractivity contribution in [3.63, 3.8) is 0 Å². The van der Waals surface area contributed by atoms with Crippen LogP contribution in [0.25, 0.3) is 0 Å². The van der Waals surface area contributed by atoms with Gasteiger partial charge in [0, 0.05) is 23.4 Å². The van der Waals surface area contributed by atoms with Crippen LogP contribution in [-0.4, -0.2) is 33.7 Å². The van der Waals surface area contributed by atoms with Gasteiger partial charge in [0.1, 0.15) is 0 Å². The van der Waals surface area contributed by atoms with E-state index in [4.69, 9.17) is 4.98 Å². The maximum absolute atomic E-state index is 9.66. The molecule has 1 saturated heterocycles. The minimum absolute atomic E-state index is 0.143. The molecule has 1 aromatic rings. The van der Waals surface area contributed by atoms with Crippen molar-refractivity contribution in [1.82, 2.24) is 9.88 Å². The van der Waals surface area contributed by atoms with E-state index in [1.165, 1.54) is 30.0 Å². The fraction of sp³-hybridized carbons (Fsp3) is 0.812. The third kappa shape index (κ3) is 4.27. The van der Waals surface area contributed by atoms with Crippen LogP contribution >= 0.6 is 11.3 Å². The number of piperidine rings is 1. The Labute approximate surface area is 127 Å². The predicted molar refractivity (Wildman–Crippen MR) is 85.2 cm³/mol. The highest BCUT2D eigenvalue weighted by atomic mass is 32.1. The lowest BCUT2D eigenvalue weighted by molar-refractivity contribution is 0.0810. The van der Waals surface area contributed by atoms with Gasteiger partial charge in [-0.25, -0.2) is 4.98 Å². The summed E-state index contributed by atoms with van der Waals surface area (Å²) in [5.74, 6) is 0. The Bertz CT molecular complexity index is 422. The molecule has 2 atom stereocenters. The first-order valence-electron chi connectivity index (χ1n) is 7.73. The standard InChI is InChI=1S/C16H28N2OS/c1-12(19)9-14-7-5-6-8-18(14)10-13-11-20-15(17-13)16(2,3)4/h11-12,14,19H,5-10H2,1-4H3/t12-,14-/m1/s1. The van der Waals surface area contributed by atoms with E-state index in [0.29, 0.717) is 6.04 Å². The molecular weight excluding hydrogens is 268 g/mol. The lowest BCUT2D eigenvalue weighted by Crippen LogP contribution is -2.40. The second kappa shape index (κ2) is 6.54. The Morgan fingerprint density at radius 2 is 2.20 bits per heavy atom. The SMILES string of the molecule is C[C@@H](O)C[C@H]1CCCCN1Cc1csc(C(C)(C)C)n1. The van der Waals surface area contributed by atoms with Crippen LogP contribution in [0.1, 0.15) is 64.1 Å². The van der Waals surface area contributed by atoms with Gasteiger partial charge in [-0.3, -0.25) is 4.90 Å². The molecule has 1 aliphatic rings. The van der Waals surface area contributed by atoms with Gasteiger partial charge in [-0.2, -0.15) is 0 Å². The number of hydrogen-bond donors (Lipinski definition) is 1. The first kappa shape index (κ1) is 15.9. The fourth-order valence-corrected chi connectivity index (χ4v) is 3.76. The van der Waals surface area contributed by atoms with Gasteiger partial charge >= 0.3 is 0 Å². The van der Waals surface area contributed by atoms with E-state index in [1.807, 2.05) is 6.92 Å². The minimum atomic E-state index is -0.207. The van der Waals surface area contributed by atoms with Gasteiger partial charge in [0.05, 0.1) is 16.8 Å². The van der Waals surface area contributed by atoms with Crippen LogP contribution in [0.3, 0.4) is 0 Å². The van der Waals surface area contributed by atoms with Gasteiger partial charge in [0.2, 0.25) is 0 Å². The third-order valence-corrected chi connectivity index (χ3v) is 5.24. The normalized spacial score (nSPS) is 22.9. The summed E-state index contributed by atoms with van der Waals surface area (Å²) < 4.78 is 0. The molecule has 1 N–H and O–H groups in total. The average molecular weight is 296 g/mol. The summed E-state index contributed by atoms with van der Waals surface area (Å²) in [6, 6.07) is 0.517. The lowest BCUT2D eigenvalue weighted by atomic mass is 9.97. The van der Waals surface area contributed by atoms with Crippen LogP contribution in [0.4, 0.5) is 0 Å². The Morgan fingerprint density at radius 1 is 1.45 bits per heavy atom. The molecule has 1 fully saturated rings. The number of thiazole rings is 1. The van der Waals surface area contributed by atoms with Crippen LogP contribution in [-0.2, 0) is 12.0 Å². The molecule has 20 heavy (non-hydrogen) atoms. The van der Waals surface area contributed by atoms with E-state index in [9.17, 15) is 5.11 Å². The number of nitrogens with zero attached hydrogens (tertiary/aromatic N) is 2. The highest BCUT2D eigenvalue weighted by Crippen LogP contribution is 2.28. The molecule has 4 heteroatoms. The quantitative estimate of drug-likeness (QED) is 0.923. The molecule has 0 saturated carbocycles. The molecule has 3 nitrogen and oxygen atoms in total. The van der Waals surface area contributed by atoms with Gasteiger partial charge in [-0.1, -0.05) is 27.2 Å². The predicted octanol–water partition coefficient (Wildman–Crippen LogP) is 3.57. The van der Waals surface area contributed by atoms with E-state index >= 15 is 0 Å². The molecule has 0 unspecified atom stereocenters. The number of rotatable bonds is 4. The van der Waals surface area contributed by atoms with E-state index < -0.39 is 0 Å². The number of hydrogen-bond acceptors (Lipinski definition) is 4. The van der Waals surface area contributed by atoms with Crippen LogP contribution < -0.4 is 0 Å². The van der Waals surface area contributed by atoms with Gasteiger partial charge in [-0.15, -0.1) is 11.3 Å². The van der Waals surface area contributed by atoms with Crippen LogP contribution in [0.5, 0.6) is 0 Å². The summed E-state index contributed by atoms with van der Waals surface area (Å²) in [5.41, 5.74) is 1.33. The van der Waals surface area contributed by atoms with E-state index in [1.54, 1.807) is 11.3 Å². The van der Waals surface area contributed by atoms with Crippen molar-refractivity contribution in [3.8, 4) is 0 Å². The van der Waals surface area contributed by atoms with Crippen molar-refractivity contribution in [3.05, 3.63) is 16.1 Å². The van der Waals surface area contributed by atoms with Crippen molar-refractivity contribution in [2.45, 2.75) is 77.5 Å². The fourth-order valence-electron chi connectivity index (χ4n) is 2.86. The second-order valence-corrected chi connectivity index (χ2v) is 7.96. The second-order valence-electron chi connectivity index (χ2n) is 7.10. The minimum Gasteiger partial charge on any atom is -0.393 e. The van der Waals surface area contributed by atoms with Crippen LogP contribution in [0.2, 0.25) is 0 Å². The van der Waals surface area contributed by atoms with Crippen LogP contribution in [0.15, 0.2) is 5.38 Å². The highest BCUT2D eigenvalue weighted by molar-refractivity contribution is 7.09. The maximum Gasteiger partial charge on any atom is 0.0982 e. The maximum atomic E-state index is 9.66. The van der Waals surface area contributed by atoms with E-state index in [2.05, 4.69) is 31.1 Å². The van der Waals surface area contributed by atoms with Crippen molar-refractivity contribution in [1.29, 1.82) is 0 Å². The monoisotopic (exact) mass is 296 g/mol. The molecule has 0 bridgehead atoms. The molecule has 1 aliphatic heterocycles. The van der Waals surface area contributed by atoms with Crippen molar-refractivity contribution < 1.29 is 5.11 Å². The molecule has 0 aliphatic carbocycles. The number of aromatic nitrogens is 1. The Morgan fingerprint density at radius 3 is 2.80 bits per heavy atom. The number of aliphatic hydroxyl groups is 1. The lowest BCUT2D eigenvalue weighted by Gasteiger charge is -2.36. The summed E-state index contributed by atoms with van der Waals surface area (Å²) in [5, 5.41) is 13.1. The Balaban J connectivity index is 2.01. The summed E-state index contributed by atoms with van der Waals surface area (Å²) in [4.78, 5) is 7.32. The molecule has 0 amide bonds. The molecular formula is C16H28N2OS. The van der Waals surface area contributed by atoms with Gasteiger partial charge in [0.15, 0.2) is 0 Å². The first-order valence-corrected chi connectivity index (χ1v) is 8.61. The molecule has 2 rings (SSSR count). The molecule has 1 aromatic heterocycles. The topological polar surface area (TPSA) is 36.4 Å². The van der Waals surface area contributed by atoms with Crippen molar-refractivity contribution in [2.24, 2.45) is 0 Å². The average Bonchev–Trinajstić information content (AvgIpc) is 2.79. The van der Waals surface area contributed by atoms with E-state index in [-0.39, 0.29) is 11.5 Å². The van der Waals surface area contributed by atoms with Gasteiger partial charge < -0.3 is 5.11 Å². The summed E-state index contributed by atoms with van der Waals surface area (Å²) >= 11 is 1.77. The van der Waals surface area contributed by atoms with Gasteiger partial charge in [0.25, 0.3) is 0 Å². The smallest absolute Gasteiger partial charge is 0.0982 e. The molecule has 114 valence electrons. The first-order chi connectivity index (χ1) is 9.36. The summed E-state index contributed by atoms with van der Waals surface area (Å²) in [6.07, 6.45) is 4.45. The molecule has 0 aromatic carbocycles. The van der Waals surface area contributed by atoms with Crippen LogP contribution in [0, 0.1) is 0 Å². The highest BCUT2D eigenvalue weighted by Gasteiger charge is 2.25. The third-order valence-electron chi connectivity index (χ3n) is 3.92. The molecule has 0 radical (unpaired) electrons.